The number of hydrogen-bond donors (Lipinski definition) is 0. The van der Waals surface area contributed by atoms with Crippen LogP contribution in [0.5, 0.6) is 0 Å². The Morgan fingerprint density at radius 3 is 2.73 bits per heavy atom. The Morgan fingerprint density at radius 1 is 1.36 bits per heavy atom. The van der Waals surface area contributed by atoms with E-state index in [2.05, 4.69) is 59.3 Å². The van der Waals surface area contributed by atoms with Crippen molar-refractivity contribution in [2.45, 2.75) is 6.92 Å². The summed E-state index contributed by atoms with van der Waals surface area (Å²) in [5.41, 5.74) is 2.62. The first-order valence-electron chi connectivity index (χ1n) is 3.62. The van der Waals surface area contributed by atoms with Crippen LogP contribution < -0.4 is 0 Å². The molecule has 1 aromatic rings. The van der Waals surface area contributed by atoms with Gasteiger partial charge in [0, 0.05) is 5.33 Å². The van der Waals surface area contributed by atoms with Crippen molar-refractivity contribution in [1.29, 1.82) is 0 Å². The number of halogens is 1. The summed E-state index contributed by atoms with van der Waals surface area (Å²) < 4.78 is 0. The summed E-state index contributed by atoms with van der Waals surface area (Å²) in [5.74, 6) is 0. The molecule has 0 N–H and O–H groups in total. The molecule has 0 radical (unpaired) electrons. The van der Waals surface area contributed by atoms with Crippen molar-refractivity contribution in [3.8, 4) is 0 Å². The maximum Gasteiger partial charge on any atom is 0.0215 e. The molecule has 0 nitrogen and oxygen atoms in total. The van der Waals surface area contributed by atoms with Crippen LogP contribution in [0.4, 0.5) is 0 Å². The fraction of sp³-hybridized carbons (Fsp3) is 0.200. The van der Waals surface area contributed by atoms with E-state index in [-0.39, 0.29) is 0 Å². The van der Waals surface area contributed by atoms with Gasteiger partial charge in [-0.2, -0.15) is 0 Å². The van der Waals surface area contributed by atoms with Crippen LogP contribution in [0.2, 0.25) is 0 Å². The van der Waals surface area contributed by atoms with Crippen LogP contribution in [-0.2, 0) is 0 Å². The molecule has 0 bridgehead atoms. The highest BCUT2D eigenvalue weighted by atomic mass is 79.9. The van der Waals surface area contributed by atoms with Crippen molar-refractivity contribution < 1.29 is 0 Å². The molecule has 0 saturated carbocycles. The highest BCUT2D eigenvalue weighted by molar-refractivity contribution is 9.09. The minimum atomic E-state index is 0.918. The van der Waals surface area contributed by atoms with Crippen molar-refractivity contribution in [3.05, 3.63) is 41.5 Å². The monoisotopic (exact) mass is 210 g/mol. The molecule has 0 aliphatic heterocycles. The zero-order valence-corrected chi connectivity index (χ0v) is 8.14. The molecule has 0 aromatic heterocycles. The van der Waals surface area contributed by atoms with E-state index in [1.54, 1.807) is 0 Å². The third kappa shape index (κ3) is 2.51. The number of allylic oxidation sites excluding steroid dienone is 1. The van der Waals surface area contributed by atoms with Crippen molar-refractivity contribution in [3.63, 3.8) is 0 Å². The first-order chi connectivity index (χ1) is 5.34. The lowest BCUT2D eigenvalue weighted by molar-refractivity contribution is 1.44. The van der Waals surface area contributed by atoms with Crippen molar-refractivity contribution in [1.82, 2.24) is 0 Å². The van der Waals surface area contributed by atoms with Crippen LogP contribution in [0.15, 0.2) is 30.3 Å². The summed E-state index contributed by atoms with van der Waals surface area (Å²) in [4.78, 5) is 0. The van der Waals surface area contributed by atoms with Crippen LogP contribution in [0.3, 0.4) is 0 Å². The first kappa shape index (κ1) is 8.54. The summed E-state index contributed by atoms with van der Waals surface area (Å²) in [5, 5.41) is 0.918. The van der Waals surface area contributed by atoms with E-state index >= 15 is 0 Å². The predicted molar refractivity (Wildman–Crippen MR) is 54.0 cm³/mol. The molecule has 0 fully saturated rings. The lowest BCUT2D eigenvalue weighted by atomic mass is 10.1. The van der Waals surface area contributed by atoms with E-state index < -0.39 is 0 Å². The molecule has 0 atom stereocenters. The smallest absolute Gasteiger partial charge is 0.0215 e. The van der Waals surface area contributed by atoms with Gasteiger partial charge in [-0.05, 0) is 18.1 Å². The van der Waals surface area contributed by atoms with Gasteiger partial charge < -0.3 is 0 Å². The topological polar surface area (TPSA) is 0 Å². The van der Waals surface area contributed by atoms with E-state index in [4.69, 9.17) is 0 Å². The van der Waals surface area contributed by atoms with Gasteiger partial charge in [0.2, 0.25) is 0 Å². The van der Waals surface area contributed by atoms with E-state index in [1.807, 2.05) is 0 Å². The number of alkyl halides is 1. The molecule has 0 heterocycles. The summed E-state index contributed by atoms with van der Waals surface area (Å²) >= 11 is 3.34. The molecule has 0 unspecified atom stereocenters. The largest absolute Gasteiger partial charge is 0.0883 e. The Hall–Kier alpha value is -0.560. The molecule has 1 heteroatoms. The van der Waals surface area contributed by atoms with Gasteiger partial charge >= 0.3 is 0 Å². The number of hydrogen-bond acceptors (Lipinski definition) is 0. The Bertz CT molecular complexity index is 251. The highest BCUT2D eigenvalue weighted by Crippen LogP contribution is 2.08. The van der Waals surface area contributed by atoms with Gasteiger partial charge in [-0.1, -0.05) is 52.3 Å². The third-order valence-corrected chi connectivity index (χ3v) is 1.95. The van der Waals surface area contributed by atoms with Gasteiger partial charge in [0.15, 0.2) is 0 Å². The Morgan fingerprint density at radius 2 is 2.09 bits per heavy atom. The maximum atomic E-state index is 3.34. The Kier molecular flexibility index (Phi) is 3.37. The van der Waals surface area contributed by atoms with E-state index in [1.165, 1.54) is 11.1 Å². The van der Waals surface area contributed by atoms with Gasteiger partial charge in [0.25, 0.3) is 0 Å². The molecule has 0 spiro atoms. The van der Waals surface area contributed by atoms with Crippen LogP contribution >= 0.6 is 15.9 Å². The van der Waals surface area contributed by atoms with Gasteiger partial charge in [0.1, 0.15) is 0 Å². The van der Waals surface area contributed by atoms with Gasteiger partial charge in [-0.3, -0.25) is 0 Å². The second-order valence-electron chi connectivity index (χ2n) is 2.41. The summed E-state index contributed by atoms with van der Waals surface area (Å²) in [6, 6.07) is 8.35. The average Bonchev–Trinajstić information content (AvgIpc) is 2.03. The molecule has 1 rings (SSSR count). The van der Waals surface area contributed by atoms with E-state index in [0.717, 1.165) is 5.33 Å². The van der Waals surface area contributed by atoms with E-state index in [0.29, 0.717) is 0 Å². The SMILES string of the molecule is Cc1ccccc1/C=C/CBr. The molecular weight excluding hydrogens is 200 g/mol. The number of benzene rings is 1. The zero-order chi connectivity index (χ0) is 8.10. The first-order valence-corrected chi connectivity index (χ1v) is 4.75. The zero-order valence-electron chi connectivity index (χ0n) is 6.55. The standard InChI is InChI=1S/C10H11Br/c1-9-5-2-3-6-10(9)7-4-8-11/h2-7H,8H2,1H3/b7-4+. The number of aryl methyl sites for hydroxylation is 1. The van der Waals surface area contributed by atoms with Gasteiger partial charge in [-0.25, -0.2) is 0 Å². The van der Waals surface area contributed by atoms with Gasteiger partial charge in [-0.15, -0.1) is 0 Å². The fourth-order valence-electron chi connectivity index (χ4n) is 0.945. The van der Waals surface area contributed by atoms with Crippen LogP contribution in [0.25, 0.3) is 6.08 Å². The lowest BCUT2D eigenvalue weighted by Crippen LogP contribution is -1.77. The molecule has 1 aromatic carbocycles. The fourth-order valence-corrected chi connectivity index (χ4v) is 1.13. The van der Waals surface area contributed by atoms with Crippen LogP contribution in [0, 0.1) is 6.92 Å². The van der Waals surface area contributed by atoms with Crippen LogP contribution in [-0.4, -0.2) is 5.33 Å². The summed E-state index contributed by atoms with van der Waals surface area (Å²) in [6.45, 7) is 2.12. The Labute approximate surface area is 76.1 Å². The maximum absolute atomic E-state index is 3.34. The molecule has 11 heavy (non-hydrogen) atoms. The van der Waals surface area contributed by atoms with Crippen molar-refractivity contribution >= 4 is 22.0 Å². The molecule has 0 saturated heterocycles. The summed E-state index contributed by atoms with van der Waals surface area (Å²) in [6.07, 6.45) is 4.23. The van der Waals surface area contributed by atoms with E-state index in [9.17, 15) is 0 Å². The summed E-state index contributed by atoms with van der Waals surface area (Å²) in [7, 11) is 0. The molecule has 0 aliphatic carbocycles. The predicted octanol–water partition coefficient (Wildman–Crippen LogP) is 3.40. The van der Waals surface area contributed by atoms with Gasteiger partial charge in [0.05, 0.1) is 0 Å². The molecule has 0 aliphatic rings. The molecule has 58 valence electrons. The van der Waals surface area contributed by atoms with Crippen molar-refractivity contribution in [2.24, 2.45) is 0 Å². The molecular formula is C10H11Br. The quantitative estimate of drug-likeness (QED) is 0.657. The third-order valence-electron chi connectivity index (χ3n) is 1.57. The Balaban J connectivity index is 2.86. The van der Waals surface area contributed by atoms with Crippen LogP contribution in [0.1, 0.15) is 11.1 Å². The normalized spacial score (nSPS) is 10.7. The minimum absolute atomic E-state index is 0.918. The number of rotatable bonds is 2. The minimum Gasteiger partial charge on any atom is -0.0883 e. The highest BCUT2D eigenvalue weighted by Gasteiger charge is 1.88. The molecule has 0 amide bonds. The second kappa shape index (κ2) is 4.35. The lowest BCUT2D eigenvalue weighted by Gasteiger charge is -1.96. The average molecular weight is 211 g/mol. The second-order valence-corrected chi connectivity index (χ2v) is 3.06. The van der Waals surface area contributed by atoms with Crippen molar-refractivity contribution in [2.75, 3.05) is 5.33 Å².